The van der Waals surface area contributed by atoms with Gasteiger partial charge in [-0.05, 0) is 30.0 Å². The molecular weight excluding hydrogens is 456 g/mol. The molecule has 35 heavy (non-hydrogen) atoms. The molecule has 2 rings (SSSR count). The Labute approximate surface area is 202 Å². The normalized spacial score (nSPS) is 13.5. The van der Waals surface area contributed by atoms with Gasteiger partial charge in [-0.3, -0.25) is 14.4 Å². The number of aromatic amines is 1. The highest BCUT2D eigenvalue weighted by molar-refractivity contribution is 5.93. The fourth-order valence-electron chi connectivity index (χ4n) is 3.39. The average Bonchev–Trinajstić information content (AvgIpc) is 3.31. The largest absolute Gasteiger partial charge is 0.508 e. The van der Waals surface area contributed by atoms with Crippen molar-refractivity contribution >= 4 is 23.7 Å². The van der Waals surface area contributed by atoms with Crippen LogP contribution in [-0.4, -0.2) is 68.5 Å². The number of nitrogens with two attached hydrogens (primary N) is 1. The van der Waals surface area contributed by atoms with Crippen LogP contribution in [0.15, 0.2) is 36.8 Å². The van der Waals surface area contributed by atoms with Gasteiger partial charge in [-0.1, -0.05) is 26.0 Å². The van der Waals surface area contributed by atoms with Crippen LogP contribution in [0.5, 0.6) is 5.75 Å². The summed E-state index contributed by atoms with van der Waals surface area (Å²) in [4.78, 5) is 56.5. The average molecular weight is 489 g/mol. The Morgan fingerprint density at radius 1 is 0.971 bits per heavy atom. The molecule has 0 bridgehead atoms. The number of carbonyl (C=O) groups is 4. The molecule has 0 radical (unpaired) electrons. The van der Waals surface area contributed by atoms with Gasteiger partial charge in [-0.2, -0.15) is 0 Å². The number of aliphatic carboxylic acids is 1. The third-order valence-corrected chi connectivity index (χ3v) is 5.15. The molecule has 0 aliphatic rings. The molecule has 3 amide bonds. The first-order chi connectivity index (χ1) is 16.6. The summed E-state index contributed by atoms with van der Waals surface area (Å²) in [6, 6.07) is 2.69. The van der Waals surface area contributed by atoms with Crippen molar-refractivity contribution in [2.45, 2.75) is 51.2 Å². The molecule has 190 valence electrons. The molecule has 3 unspecified atom stereocenters. The van der Waals surface area contributed by atoms with Crippen molar-refractivity contribution in [3.63, 3.8) is 0 Å². The standard InChI is InChI=1S/C23H32N6O6/c1-13(2)7-19(23(34)35)29-21(32)17(8-14-3-5-16(30)6-4-14)28-22(33)18(27-20(31)10-24)9-15-11-25-12-26-15/h3-6,11-13,17-19,30H,7-10,24H2,1-2H3,(H,25,26)(H,27,31)(H,28,33)(H,29,32)(H,34,35). The summed E-state index contributed by atoms with van der Waals surface area (Å²) in [6.07, 6.45) is 3.22. The SMILES string of the molecule is CC(C)CC(NC(=O)C(Cc1ccc(O)cc1)NC(=O)C(Cc1cnc[nH]1)NC(=O)CN)C(=O)O. The summed E-state index contributed by atoms with van der Waals surface area (Å²) in [5, 5.41) is 26.7. The topological polar surface area (TPSA) is 200 Å². The van der Waals surface area contributed by atoms with Gasteiger partial charge in [-0.25, -0.2) is 9.78 Å². The van der Waals surface area contributed by atoms with Crippen LogP contribution in [0.25, 0.3) is 0 Å². The number of H-pyrrole nitrogens is 1. The summed E-state index contributed by atoms with van der Waals surface area (Å²) < 4.78 is 0. The monoisotopic (exact) mass is 488 g/mol. The first-order valence-electron chi connectivity index (χ1n) is 11.2. The van der Waals surface area contributed by atoms with E-state index >= 15 is 0 Å². The number of nitrogens with one attached hydrogen (secondary N) is 4. The number of aromatic hydroxyl groups is 1. The number of rotatable bonds is 13. The summed E-state index contributed by atoms with van der Waals surface area (Å²) in [5.74, 6) is -3.06. The third kappa shape index (κ3) is 9.08. The Bertz CT molecular complexity index is 992. The minimum absolute atomic E-state index is 0.00630. The number of phenolic OH excluding ortho intramolecular Hbond substituents is 1. The zero-order valence-electron chi connectivity index (χ0n) is 19.7. The van der Waals surface area contributed by atoms with E-state index in [1.807, 2.05) is 13.8 Å². The van der Waals surface area contributed by atoms with Gasteiger partial charge >= 0.3 is 5.97 Å². The minimum atomic E-state index is -1.19. The number of benzene rings is 1. The fourth-order valence-corrected chi connectivity index (χ4v) is 3.39. The van der Waals surface area contributed by atoms with E-state index < -0.39 is 41.8 Å². The van der Waals surface area contributed by atoms with Gasteiger partial charge in [-0.15, -0.1) is 0 Å². The predicted molar refractivity (Wildman–Crippen MR) is 126 cm³/mol. The summed E-state index contributed by atoms with van der Waals surface area (Å²) in [5.41, 5.74) is 6.57. The van der Waals surface area contributed by atoms with Gasteiger partial charge in [0.05, 0.1) is 12.9 Å². The molecule has 2 aromatic rings. The molecule has 0 saturated heterocycles. The van der Waals surface area contributed by atoms with Crippen LogP contribution in [0.2, 0.25) is 0 Å². The highest BCUT2D eigenvalue weighted by Gasteiger charge is 2.30. The van der Waals surface area contributed by atoms with Gasteiger partial charge in [0, 0.05) is 24.7 Å². The van der Waals surface area contributed by atoms with Crippen LogP contribution in [0.4, 0.5) is 0 Å². The van der Waals surface area contributed by atoms with E-state index in [1.54, 1.807) is 12.1 Å². The maximum atomic E-state index is 13.1. The number of phenols is 1. The molecule has 0 aliphatic carbocycles. The third-order valence-electron chi connectivity index (χ3n) is 5.15. The van der Waals surface area contributed by atoms with Gasteiger partial charge in [0.2, 0.25) is 17.7 Å². The molecule has 8 N–H and O–H groups in total. The zero-order valence-corrected chi connectivity index (χ0v) is 19.7. The lowest BCUT2D eigenvalue weighted by molar-refractivity contribution is -0.142. The van der Waals surface area contributed by atoms with Gasteiger partial charge in [0.25, 0.3) is 0 Å². The summed E-state index contributed by atoms with van der Waals surface area (Å²) in [6.45, 7) is 3.33. The number of carboxylic acids is 1. The van der Waals surface area contributed by atoms with E-state index in [0.29, 0.717) is 11.3 Å². The fraction of sp³-hybridized carbons (Fsp3) is 0.435. The van der Waals surface area contributed by atoms with Crippen molar-refractivity contribution in [3.05, 3.63) is 48.0 Å². The molecule has 1 aromatic carbocycles. The smallest absolute Gasteiger partial charge is 0.326 e. The lowest BCUT2D eigenvalue weighted by Gasteiger charge is -2.25. The number of aromatic nitrogens is 2. The van der Waals surface area contributed by atoms with Gasteiger partial charge in [0.1, 0.15) is 23.9 Å². The zero-order chi connectivity index (χ0) is 26.0. The van der Waals surface area contributed by atoms with Crippen molar-refractivity contribution in [2.75, 3.05) is 6.54 Å². The van der Waals surface area contributed by atoms with Crippen LogP contribution in [0, 0.1) is 5.92 Å². The number of hydrogen-bond donors (Lipinski definition) is 7. The molecule has 3 atom stereocenters. The maximum absolute atomic E-state index is 13.1. The minimum Gasteiger partial charge on any atom is -0.508 e. The van der Waals surface area contributed by atoms with Crippen molar-refractivity contribution in [3.8, 4) is 5.75 Å². The van der Waals surface area contributed by atoms with E-state index in [4.69, 9.17) is 5.73 Å². The quantitative estimate of drug-likeness (QED) is 0.194. The maximum Gasteiger partial charge on any atom is 0.326 e. The predicted octanol–water partition coefficient (Wildman–Crippen LogP) is -0.556. The molecule has 1 aromatic heterocycles. The summed E-state index contributed by atoms with van der Waals surface area (Å²) in [7, 11) is 0. The van der Waals surface area contributed by atoms with E-state index in [1.165, 1.54) is 24.7 Å². The second kappa shape index (κ2) is 13.1. The Hall–Kier alpha value is -3.93. The number of amides is 3. The molecule has 0 fully saturated rings. The van der Waals surface area contributed by atoms with E-state index in [-0.39, 0.29) is 37.5 Å². The van der Waals surface area contributed by atoms with Crippen LogP contribution in [0.1, 0.15) is 31.5 Å². The van der Waals surface area contributed by atoms with Crippen LogP contribution in [-0.2, 0) is 32.0 Å². The first-order valence-corrected chi connectivity index (χ1v) is 11.2. The lowest BCUT2D eigenvalue weighted by atomic mass is 10.0. The Kier molecular flexibility index (Phi) is 10.2. The number of hydrogen-bond acceptors (Lipinski definition) is 7. The number of nitrogens with zero attached hydrogens (tertiary/aromatic N) is 1. The van der Waals surface area contributed by atoms with Crippen molar-refractivity contribution in [2.24, 2.45) is 11.7 Å². The summed E-state index contributed by atoms with van der Waals surface area (Å²) >= 11 is 0. The molecule has 0 aliphatic heterocycles. The number of imidazole rings is 1. The molecule has 1 heterocycles. The first kappa shape index (κ1) is 27.3. The second-order valence-corrected chi connectivity index (χ2v) is 8.57. The van der Waals surface area contributed by atoms with Gasteiger partial charge in [0.15, 0.2) is 0 Å². The van der Waals surface area contributed by atoms with Crippen LogP contribution in [0.3, 0.4) is 0 Å². The number of carboxylic acid groups (broad SMARTS) is 1. The second-order valence-electron chi connectivity index (χ2n) is 8.57. The Morgan fingerprint density at radius 2 is 1.57 bits per heavy atom. The molecule has 0 saturated carbocycles. The Balaban J connectivity index is 2.26. The van der Waals surface area contributed by atoms with E-state index in [9.17, 15) is 29.4 Å². The molecular formula is C23H32N6O6. The van der Waals surface area contributed by atoms with E-state index in [2.05, 4.69) is 25.9 Å². The lowest BCUT2D eigenvalue weighted by Crippen LogP contribution is -2.57. The van der Waals surface area contributed by atoms with Crippen molar-refractivity contribution in [1.82, 2.24) is 25.9 Å². The number of carbonyl (C=O) groups excluding carboxylic acids is 3. The van der Waals surface area contributed by atoms with Crippen molar-refractivity contribution in [1.29, 1.82) is 0 Å². The Morgan fingerprint density at radius 3 is 2.09 bits per heavy atom. The van der Waals surface area contributed by atoms with Crippen LogP contribution < -0.4 is 21.7 Å². The van der Waals surface area contributed by atoms with E-state index in [0.717, 1.165) is 0 Å². The molecule has 12 nitrogen and oxygen atoms in total. The molecule has 12 heteroatoms. The van der Waals surface area contributed by atoms with Crippen molar-refractivity contribution < 1.29 is 29.4 Å². The molecule has 0 spiro atoms. The van der Waals surface area contributed by atoms with Gasteiger partial charge < -0.3 is 36.9 Å². The highest BCUT2D eigenvalue weighted by Crippen LogP contribution is 2.13. The highest BCUT2D eigenvalue weighted by atomic mass is 16.4. The van der Waals surface area contributed by atoms with Crippen LogP contribution >= 0.6 is 0 Å².